The van der Waals surface area contributed by atoms with E-state index in [0.717, 1.165) is 11.6 Å². The van der Waals surface area contributed by atoms with E-state index in [0.29, 0.717) is 40.6 Å². The number of hydrogen-bond donors (Lipinski definition) is 1. The zero-order valence-corrected chi connectivity index (χ0v) is 17.3. The summed E-state index contributed by atoms with van der Waals surface area (Å²) >= 11 is 12.5. The van der Waals surface area contributed by atoms with E-state index in [4.69, 9.17) is 33.7 Å². The van der Waals surface area contributed by atoms with Crippen molar-refractivity contribution in [1.82, 2.24) is 4.90 Å². The van der Waals surface area contributed by atoms with E-state index < -0.39 is 23.1 Å². The third-order valence-electron chi connectivity index (χ3n) is 5.02. The quantitative estimate of drug-likeness (QED) is 0.697. The zero-order valence-electron chi connectivity index (χ0n) is 15.7. The highest BCUT2D eigenvalue weighted by Crippen LogP contribution is 2.31. The molecule has 2 unspecified atom stereocenters. The summed E-state index contributed by atoms with van der Waals surface area (Å²) in [5.41, 5.74) is 7.99. The second-order valence-corrected chi connectivity index (χ2v) is 8.19. The van der Waals surface area contributed by atoms with Crippen molar-refractivity contribution in [2.75, 3.05) is 6.54 Å². The van der Waals surface area contributed by atoms with Crippen LogP contribution in [0.3, 0.4) is 0 Å². The average Bonchev–Trinajstić information content (AvgIpc) is 2.66. The maximum Gasteiger partial charge on any atom is 0.254 e. The smallest absolute Gasteiger partial charge is 0.254 e. The first-order chi connectivity index (χ1) is 14.3. The Balaban J connectivity index is 1.50. The summed E-state index contributed by atoms with van der Waals surface area (Å²) in [5.74, 6) is -0.991. The molecule has 4 rings (SSSR count). The first-order valence-corrected chi connectivity index (χ1v) is 10.1. The molecule has 0 aromatic heterocycles. The van der Waals surface area contributed by atoms with Gasteiger partial charge in [-0.1, -0.05) is 11.6 Å². The standard InChI is InChI=1S/C22H18Cl2F2N2O2/c23-19-9-16(27)10-20(24)21(19)30-17-1-2-18-13(7-17)3-4-28(22(18)29)11-12-5-14(25)8-15(26)6-12/h1-2,5-10,19,21H,3-4,11,27H2. The number of fused-ring (bicyclic) bond motifs is 1. The van der Waals surface area contributed by atoms with Crippen molar-refractivity contribution in [2.45, 2.75) is 24.4 Å². The maximum absolute atomic E-state index is 13.4. The Hall–Kier alpha value is -2.57. The monoisotopic (exact) mass is 450 g/mol. The maximum atomic E-state index is 13.4. The Morgan fingerprint density at radius 1 is 1.17 bits per heavy atom. The number of nitrogens with zero attached hydrogens (tertiary/aromatic N) is 1. The number of allylic oxidation sites excluding steroid dienone is 1. The summed E-state index contributed by atoms with van der Waals surface area (Å²) in [7, 11) is 0. The molecule has 2 aromatic rings. The molecule has 156 valence electrons. The summed E-state index contributed by atoms with van der Waals surface area (Å²) in [6.45, 7) is 0.560. The molecule has 4 nitrogen and oxygen atoms in total. The van der Waals surface area contributed by atoms with E-state index in [1.807, 2.05) is 0 Å². The van der Waals surface area contributed by atoms with Crippen LogP contribution in [0.4, 0.5) is 8.78 Å². The van der Waals surface area contributed by atoms with Crippen LogP contribution in [0.2, 0.25) is 0 Å². The zero-order chi connectivity index (χ0) is 21.4. The SMILES string of the molecule is NC1=CC(Cl)C(Oc2ccc3c(c2)CCN(Cc2cc(F)cc(F)c2)C3=O)C(Cl)=C1. The number of carbonyl (C=O) groups is 1. The van der Waals surface area contributed by atoms with Crippen LogP contribution in [0.1, 0.15) is 21.5 Å². The molecule has 30 heavy (non-hydrogen) atoms. The fourth-order valence-electron chi connectivity index (χ4n) is 3.64. The molecule has 0 saturated heterocycles. The van der Waals surface area contributed by atoms with E-state index in [9.17, 15) is 13.6 Å². The van der Waals surface area contributed by atoms with Crippen molar-refractivity contribution in [1.29, 1.82) is 0 Å². The number of nitrogens with two attached hydrogens (primary N) is 1. The minimum absolute atomic E-state index is 0.134. The molecule has 0 fully saturated rings. The predicted octanol–water partition coefficient (Wildman–Crippen LogP) is 4.50. The molecule has 1 aliphatic heterocycles. The molecular formula is C22H18Cl2F2N2O2. The number of ether oxygens (including phenoxy) is 1. The first kappa shape index (κ1) is 20.7. The number of amides is 1. The van der Waals surface area contributed by atoms with Crippen LogP contribution in [0.25, 0.3) is 0 Å². The Bertz CT molecular complexity index is 1050. The number of benzene rings is 2. The number of rotatable bonds is 4. The lowest BCUT2D eigenvalue weighted by atomic mass is 9.98. The van der Waals surface area contributed by atoms with Crippen LogP contribution in [-0.4, -0.2) is 28.8 Å². The number of carbonyl (C=O) groups excluding carboxylic acids is 1. The van der Waals surface area contributed by atoms with Gasteiger partial charge in [-0.2, -0.15) is 0 Å². The number of halogens is 4. The molecule has 0 saturated carbocycles. The summed E-state index contributed by atoms with van der Waals surface area (Å²) in [6, 6.07) is 8.42. The largest absolute Gasteiger partial charge is 0.483 e. The van der Waals surface area contributed by atoms with Gasteiger partial charge in [0.25, 0.3) is 5.91 Å². The topological polar surface area (TPSA) is 55.6 Å². The molecule has 0 spiro atoms. The van der Waals surface area contributed by atoms with E-state index in [1.165, 1.54) is 12.1 Å². The van der Waals surface area contributed by atoms with Gasteiger partial charge >= 0.3 is 0 Å². The van der Waals surface area contributed by atoms with Gasteiger partial charge in [0, 0.05) is 30.4 Å². The highest BCUT2D eigenvalue weighted by atomic mass is 35.5. The third-order valence-corrected chi connectivity index (χ3v) is 5.70. The lowest BCUT2D eigenvalue weighted by molar-refractivity contribution is 0.0726. The van der Waals surface area contributed by atoms with Gasteiger partial charge < -0.3 is 15.4 Å². The Labute approximate surface area is 182 Å². The second-order valence-electron chi connectivity index (χ2n) is 7.25. The van der Waals surface area contributed by atoms with Crippen LogP contribution >= 0.6 is 23.2 Å². The normalized spacial score (nSPS) is 21.1. The van der Waals surface area contributed by atoms with Gasteiger partial charge in [0.1, 0.15) is 17.4 Å². The highest BCUT2D eigenvalue weighted by molar-refractivity contribution is 6.32. The minimum atomic E-state index is -0.665. The van der Waals surface area contributed by atoms with Gasteiger partial charge in [-0.25, -0.2) is 8.78 Å². The predicted molar refractivity (Wildman–Crippen MR) is 112 cm³/mol. The van der Waals surface area contributed by atoms with Crippen molar-refractivity contribution in [2.24, 2.45) is 5.73 Å². The summed E-state index contributed by atoms with van der Waals surface area (Å²) in [6.07, 6.45) is 3.27. The van der Waals surface area contributed by atoms with Crippen LogP contribution in [0, 0.1) is 11.6 Å². The van der Waals surface area contributed by atoms with Gasteiger partial charge in [-0.3, -0.25) is 4.79 Å². The van der Waals surface area contributed by atoms with Gasteiger partial charge in [0.2, 0.25) is 0 Å². The van der Waals surface area contributed by atoms with Crippen molar-refractivity contribution >= 4 is 29.1 Å². The van der Waals surface area contributed by atoms with Gasteiger partial charge in [0.15, 0.2) is 6.10 Å². The summed E-state index contributed by atoms with van der Waals surface area (Å²) in [5, 5.41) is -0.111. The van der Waals surface area contributed by atoms with Gasteiger partial charge in [-0.15, -0.1) is 11.6 Å². The second kappa shape index (κ2) is 8.28. The molecule has 8 heteroatoms. The van der Waals surface area contributed by atoms with E-state index in [1.54, 1.807) is 35.3 Å². The van der Waals surface area contributed by atoms with Crippen molar-refractivity contribution in [3.63, 3.8) is 0 Å². The lowest BCUT2D eigenvalue weighted by Gasteiger charge is -2.30. The average molecular weight is 451 g/mol. The third kappa shape index (κ3) is 4.30. The molecule has 2 N–H and O–H groups in total. The van der Waals surface area contributed by atoms with E-state index >= 15 is 0 Å². The first-order valence-electron chi connectivity index (χ1n) is 9.32. The number of alkyl halides is 1. The molecule has 1 aliphatic carbocycles. The fourth-order valence-corrected chi connectivity index (χ4v) is 4.34. The van der Waals surface area contributed by atoms with Gasteiger partial charge in [0.05, 0.1) is 10.4 Å². The summed E-state index contributed by atoms with van der Waals surface area (Å²) < 4.78 is 32.8. The lowest BCUT2D eigenvalue weighted by Crippen LogP contribution is -2.37. The van der Waals surface area contributed by atoms with Crippen LogP contribution in [0.15, 0.2) is 59.3 Å². The molecule has 2 aromatic carbocycles. The molecular weight excluding hydrogens is 433 g/mol. The van der Waals surface area contributed by atoms with Crippen LogP contribution in [-0.2, 0) is 13.0 Å². The Kier molecular flexibility index (Phi) is 5.71. The molecule has 2 atom stereocenters. The van der Waals surface area contributed by atoms with Crippen molar-refractivity contribution in [3.05, 3.63) is 87.6 Å². The van der Waals surface area contributed by atoms with Crippen LogP contribution in [0.5, 0.6) is 5.75 Å². The van der Waals surface area contributed by atoms with Crippen molar-refractivity contribution in [3.8, 4) is 5.75 Å². The van der Waals surface area contributed by atoms with E-state index in [2.05, 4.69) is 0 Å². The minimum Gasteiger partial charge on any atom is -0.483 e. The Morgan fingerprint density at radius 3 is 2.60 bits per heavy atom. The Morgan fingerprint density at radius 2 is 1.90 bits per heavy atom. The molecule has 0 radical (unpaired) electrons. The van der Waals surface area contributed by atoms with Crippen LogP contribution < -0.4 is 10.5 Å². The molecule has 2 aliphatic rings. The molecule has 0 bridgehead atoms. The molecule has 1 amide bonds. The number of hydrogen-bond acceptors (Lipinski definition) is 3. The fraction of sp³-hybridized carbons (Fsp3) is 0.227. The van der Waals surface area contributed by atoms with Crippen molar-refractivity contribution < 1.29 is 18.3 Å². The summed E-state index contributed by atoms with van der Waals surface area (Å²) in [4.78, 5) is 14.4. The van der Waals surface area contributed by atoms with E-state index in [-0.39, 0.29) is 12.5 Å². The van der Waals surface area contributed by atoms with Gasteiger partial charge in [-0.05, 0) is 60.0 Å². The molecule has 1 heterocycles. The highest BCUT2D eigenvalue weighted by Gasteiger charge is 2.28.